The molecule has 0 spiro atoms. The molecule has 1 aliphatic rings. The molecule has 1 fully saturated rings. The molecule has 0 aromatic carbocycles. The summed E-state index contributed by atoms with van der Waals surface area (Å²) in [4.78, 5) is 21.5. The number of hydrogen-bond acceptors (Lipinski definition) is 7. The Hall–Kier alpha value is -2.36. The van der Waals surface area contributed by atoms with Crippen molar-refractivity contribution in [3.05, 3.63) is 28.0 Å². The minimum Gasteiger partial charge on any atom is -0.349 e. The van der Waals surface area contributed by atoms with Gasteiger partial charge in [0.25, 0.3) is 0 Å². The zero-order chi connectivity index (χ0) is 15.3. The Morgan fingerprint density at radius 1 is 1.45 bits per heavy atom. The number of fused-ring (bicyclic) bond motifs is 3. The highest BCUT2D eigenvalue weighted by molar-refractivity contribution is 9.10. The molecule has 0 bridgehead atoms. The van der Waals surface area contributed by atoms with Crippen molar-refractivity contribution in [2.24, 2.45) is 5.29 Å². The normalized spacial score (nSPS) is 15.3. The fraction of sp³-hybridized carbons (Fsp3) is 0.333. The number of hydrogen-bond donors (Lipinski definition) is 0. The molecule has 4 rings (SSSR count). The summed E-state index contributed by atoms with van der Waals surface area (Å²) in [6.45, 7) is 1.33. The van der Waals surface area contributed by atoms with Crippen molar-refractivity contribution >= 4 is 38.6 Å². The van der Waals surface area contributed by atoms with Crippen LogP contribution in [-0.2, 0) is 0 Å². The van der Waals surface area contributed by atoms with Crippen molar-refractivity contribution in [1.82, 2.24) is 29.6 Å². The molecule has 0 N–H and O–H groups in total. The van der Waals surface area contributed by atoms with Gasteiger partial charge in [-0.15, -0.1) is 15.1 Å². The van der Waals surface area contributed by atoms with E-state index < -0.39 is 0 Å². The van der Waals surface area contributed by atoms with E-state index in [2.05, 4.69) is 41.4 Å². The van der Waals surface area contributed by atoms with Crippen LogP contribution in [0.2, 0.25) is 0 Å². The number of nitroso groups, excluding NO2 is 1. The average Bonchev–Trinajstić information content (AvgIpc) is 2.95. The summed E-state index contributed by atoms with van der Waals surface area (Å²) in [6, 6.07) is 2.02. The van der Waals surface area contributed by atoms with Crippen molar-refractivity contribution in [2.45, 2.75) is 6.04 Å². The Balaban J connectivity index is 1.79. The van der Waals surface area contributed by atoms with Crippen LogP contribution in [0.4, 0.5) is 5.82 Å². The van der Waals surface area contributed by atoms with Crippen LogP contribution in [0.5, 0.6) is 0 Å². The van der Waals surface area contributed by atoms with Gasteiger partial charge in [-0.25, -0.2) is 9.97 Å². The molecular weight excluding hydrogens is 352 g/mol. The predicted molar refractivity (Wildman–Crippen MR) is 83.3 cm³/mol. The van der Waals surface area contributed by atoms with Crippen LogP contribution in [0.1, 0.15) is 0 Å². The van der Waals surface area contributed by atoms with Gasteiger partial charge in [-0.05, 0) is 22.0 Å². The van der Waals surface area contributed by atoms with Gasteiger partial charge in [0.05, 0.1) is 16.8 Å². The molecule has 0 radical (unpaired) electrons. The molecule has 0 atom stereocenters. The van der Waals surface area contributed by atoms with E-state index in [1.54, 1.807) is 19.6 Å². The lowest BCUT2D eigenvalue weighted by Gasteiger charge is -2.42. The monoisotopic (exact) mass is 362 g/mol. The van der Waals surface area contributed by atoms with Crippen LogP contribution in [0.3, 0.4) is 0 Å². The molecular formula is C12H11BrN8O. The van der Waals surface area contributed by atoms with Crippen molar-refractivity contribution in [1.29, 1.82) is 0 Å². The third-order valence-corrected chi connectivity index (χ3v) is 4.29. The van der Waals surface area contributed by atoms with E-state index in [0.717, 1.165) is 15.8 Å². The van der Waals surface area contributed by atoms with Gasteiger partial charge >= 0.3 is 0 Å². The molecule has 3 aromatic rings. The van der Waals surface area contributed by atoms with Crippen LogP contribution in [0, 0.1) is 4.91 Å². The highest BCUT2D eigenvalue weighted by Gasteiger charge is 2.33. The van der Waals surface area contributed by atoms with E-state index in [-0.39, 0.29) is 6.04 Å². The molecule has 112 valence electrons. The van der Waals surface area contributed by atoms with E-state index in [9.17, 15) is 4.91 Å². The summed E-state index contributed by atoms with van der Waals surface area (Å²) in [5.74, 6) is 0.718. The number of aromatic nitrogens is 5. The first kappa shape index (κ1) is 13.3. The standard InChI is InChI=1S/C12H11BrN8O/c1-19(18-22)8-4-20(5-8)11-12-17-15-6-21(12)9-2-7(13)3-14-10(9)16-11/h2-3,6,8H,4-5H2,1H3. The highest BCUT2D eigenvalue weighted by Crippen LogP contribution is 2.28. The maximum atomic E-state index is 10.6. The number of pyridine rings is 1. The fourth-order valence-electron chi connectivity index (χ4n) is 2.54. The molecule has 0 amide bonds. The quantitative estimate of drug-likeness (QED) is 0.511. The zero-order valence-corrected chi connectivity index (χ0v) is 13.2. The molecule has 4 heterocycles. The molecule has 1 aliphatic heterocycles. The average molecular weight is 363 g/mol. The van der Waals surface area contributed by atoms with Crippen LogP contribution >= 0.6 is 15.9 Å². The Morgan fingerprint density at radius 2 is 2.27 bits per heavy atom. The first-order chi connectivity index (χ1) is 10.7. The van der Waals surface area contributed by atoms with E-state index in [4.69, 9.17) is 0 Å². The van der Waals surface area contributed by atoms with E-state index in [1.807, 2.05) is 15.4 Å². The summed E-state index contributed by atoms with van der Waals surface area (Å²) in [5.41, 5.74) is 2.13. The number of anilines is 1. The first-order valence-corrected chi connectivity index (χ1v) is 7.42. The van der Waals surface area contributed by atoms with Gasteiger partial charge in [0.2, 0.25) is 5.65 Å². The van der Waals surface area contributed by atoms with Gasteiger partial charge in [0.1, 0.15) is 6.33 Å². The number of likely N-dealkylation sites (N-methyl/N-ethyl adjacent to an activating group) is 1. The minimum atomic E-state index is 0.0934. The second-order valence-corrected chi connectivity index (χ2v) is 6.09. The molecule has 22 heavy (non-hydrogen) atoms. The zero-order valence-electron chi connectivity index (χ0n) is 11.6. The molecule has 3 aromatic heterocycles. The summed E-state index contributed by atoms with van der Waals surface area (Å²) >= 11 is 3.41. The molecule has 9 nitrogen and oxygen atoms in total. The molecule has 10 heteroatoms. The third kappa shape index (κ3) is 1.90. The van der Waals surface area contributed by atoms with Crippen molar-refractivity contribution in [3.63, 3.8) is 0 Å². The lowest BCUT2D eigenvalue weighted by Crippen LogP contribution is -2.57. The number of nitrogens with zero attached hydrogens (tertiary/aromatic N) is 8. The molecule has 0 saturated carbocycles. The topological polar surface area (TPSA) is 91.9 Å². The van der Waals surface area contributed by atoms with Crippen molar-refractivity contribution in [3.8, 4) is 0 Å². The van der Waals surface area contributed by atoms with E-state index in [0.29, 0.717) is 24.4 Å². The van der Waals surface area contributed by atoms with E-state index in [1.165, 1.54) is 5.01 Å². The SMILES string of the molecule is CN(N=O)C1CN(c2nc3ncc(Br)cc3n3cnnc23)C1. The lowest BCUT2D eigenvalue weighted by atomic mass is 10.1. The van der Waals surface area contributed by atoms with Gasteiger partial charge < -0.3 is 4.90 Å². The highest BCUT2D eigenvalue weighted by atomic mass is 79.9. The van der Waals surface area contributed by atoms with Gasteiger partial charge in [-0.3, -0.25) is 9.41 Å². The summed E-state index contributed by atoms with van der Waals surface area (Å²) in [6.07, 6.45) is 3.35. The third-order valence-electron chi connectivity index (χ3n) is 3.85. The van der Waals surface area contributed by atoms with E-state index >= 15 is 0 Å². The second-order valence-electron chi connectivity index (χ2n) is 5.17. The minimum absolute atomic E-state index is 0.0934. The van der Waals surface area contributed by atoms with Crippen molar-refractivity contribution in [2.75, 3.05) is 25.0 Å². The Kier molecular flexibility index (Phi) is 2.93. The van der Waals surface area contributed by atoms with Gasteiger partial charge in [-0.2, -0.15) is 0 Å². The summed E-state index contributed by atoms with van der Waals surface area (Å²) in [7, 11) is 1.68. The van der Waals surface area contributed by atoms with Gasteiger partial charge in [-0.1, -0.05) is 0 Å². The maximum Gasteiger partial charge on any atom is 0.204 e. The van der Waals surface area contributed by atoms with Gasteiger partial charge in [0.15, 0.2) is 11.5 Å². The van der Waals surface area contributed by atoms with Gasteiger partial charge in [0, 0.05) is 30.8 Å². The predicted octanol–water partition coefficient (Wildman–Crippen LogP) is 1.24. The van der Waals surface area contributed by atoms with Crippen LogP contribution in [0.15, 0.2) is 28.3 Å². The molecule has 0 aliphatic carbocycles. The fourth-order valence-corrected chi connectivity index (χ4v) is 2.86. The Morgan fingerprint density at radius 3 is 3.05 bits per heavy atom. The number of halogens is 1. The summed E-state index contributed by atoms with van der Waals surface area (Å²) < 4.78 is 2.73. The Bertz CT molecular complexity index is 874. The lowest BCUT2D eigenvalue weighted by molar-refractivity contribution is 0.210. The number of rotatable bonds is 3. The van der Waals surface area contributed by atoms with Crippen LogP contribution < -0.4 is 4.90 Å². The largest absolute Gasteiger partial charge is 0.349 e. The maximum absolute atomic E-state index is 10.6. The first-order valence-electron chi connectivity index (χ1n) is 6.63. The molecule has 1 saturated heterocycles. The van der Waals surface area contributed by atoms with Crippen molar-refractivity contribution < 1.29 is 0 Å². The Labute approximate surface area is 133 Å². The summed E-state index contributed by atoms with van der Waals surface area (Å²) in [5, 5.41) is 12.5. The van der Waals surface area contributed by atoms with Crippen LogP contribution in [-0.4, -0.2) is 55.8 Å². The van der Waals surface area contributed by atoms with Crippen LogP contribution in [0.25, 0.3) is 16.8 Å². The smallest absolute Gasteiger partial charge is 0.204 e. The second kappa shape index (κ2) is 4.83. The molecule has 0 unspecified atom stereocenters.